The van der Waals surface area contributed by atoms with Gasteiger partial charge in [0, 0.05) is 24.3 Å². The van der Waals surface area contributed by atoms with Gasteiger partial charge in [0.05, 0.1) is 7.11 Å². The molecule has 3 rings (SSSR count). The summed E-state index contributed by atoms with van der Waals surface area (Å²) < 4.78 is 5.13. The minimum Gasteiger partial charge on any atom is -0.497 e. The minimum atomic E-state index is -0.502. The molecule has 2 amide bonds. The fourth-order valence-electron chi connectivity index (χ4n) is 3.31. The summed E-state index contributed by atoms with van der Waals surface area (Å²) in [6, 6.07) is 12.4. The van der Waals surface area contributed by atoms with Crippen LogP contribution in [0.2, 0.25) is 0 Å². The van der Waals surface area contributed by atoms with Gasteiger partial charge in [-0.1, -0.05) is 12.1 Å². The number of aryl methyl sites for hydroxylation is 1. The highest BCUT2D eigenvalue weighted by Crippen LogP contribution is 2.27. The highest BCUT2D eigenvalue weighted by atomic mass is 16.5. The quantitative estimate of drug-likeness (QED) is 0.852. The van der Waals surface area contributed by atoms with Crippen molar-refractivity contribution in [3.8, 4) is 5.75 Å². The Kier molecular flexibility index (Phi) is 4.98. The molecule has 1 saturated heterocycles. The Morgan fingerprint density at radius 2 is 1.77 bits per heavy atom. The first-order valence-corrected chi connectivity index (χ1v) is 8.76. The average molecular weight is 352 g/mol. The largest absolute Gasteiger partial charge is 0.497 e. The molecule has 136 valence electrons. The zero-order valence-electron chi connectivity index (χ0n) is 15.7. The summed E-state index contributed by atoms with van der Waals surface area (Å²) in [7, 11) is 1.59. The van der Waals surface area contributed by atoms with Gasteiger partial charge in [-0.05, 0) is 62.2 Å². The third-order valence-electron chi connectivity index (χ3n) is 5.12. The van der Waals surface area contributed by atoms with Crippen LogP contribution in [0, 0.1) is 13.8 Å². The molecule has 0 aromatic heterocycles. The maximum Gasteiger partial charge on any atom is 0.254 e. The Hall–Kier alpha value is -2.82. The second-order valence-corrected chi connectivity index (χ2v) is 6.61. The molecule has 1 atom stereocenters. The number of rotatable bonds is 3. The molecule has 5 heteroatoms. The van der Waals surface area contributed by atoms with Crippen LogP contribution in [0.5, 0.6) is 5.75 Å². The van der Waals surface area contributed by atoms with E-state index < -0.39 is 6.04 Å². The third-order valence-corrected chi connectivity index (χ3v) is 5.12. The first kappa shape index (κ1) is 18.0. The molecule has 0 aliphatic carbocycles. The molecule has 1 fully saturated rings. The summed E-state index contributed by atoms with van der Waals surface area (Å²) in [6.45, 7) is 6.86. The Balaban J connectivity index is 1.81. The van der Waals surface area contributed by atoms with Gasteiger partial charge < -0.3 is 14.5 Å². The smallest absolute Gasteiger partial charge is 0.254 e. The van der Waals surface area contributed by atoms with E-state index in [0.29, 0.717) is 24.4 Å². The zero-order chi connectivity index (χ0) is 18.8. The summed E-state index contributed by atoms with van der Waals surface area (Å²) in [5.41, 5.74) is 3.74. The van der Waals surface area contributed by atoms with Gasteiger partial charge in [0.15, 0.2) is 0 Å². The van der Waals surface area contributed by atoms with Crippen LogP contribution in [-0.2, 0) is 4.79 Å². The summed E-state index contributed by atoms with van der Waals surface area (Å²) in [4.78, 5) is 29.2. The van der Waals surface area contributed by atoms with Gasteiger partial charge in [-0.15, -0.1) is 0 Å². The lowest BCUT2D eigenvalue weighted by Gasteiger charge is -2.39. The average Bonchev–Trinajstić information content (AvgIpc) is 2.66. The molecular formula is C21H24N2O3. The topological polar surface area (TPSA) is 49.9 Å². The molecule has 0 spiro atoms. The first-order valence-electron chi connectivity index (χ1n) is 8.76. The lowest BCUT2D eigenvalue weighted by Crippen LogP contribution is -2.58. The lowest BCUT2D eigenvalue weighted by molar-refractivity contribution is -0.124. The monoisotopic (exact) mass is 352 g/mol. The van der Waals surface area contributed by atoms with Crippen LogP contribution in [0.15, 0.2) is 42.5 Å². The molecule has 0 N–H and O–H groups in total. The lowest BCUT2D eigenvalue weighted by atomic mass is 10.0. The van der Waals surface area contributed by atoms with Gasteiger partial charge in [-0.25, -0.2) is 0 Å². The highest BCUT2D eigenvalue weighted by molar-refractivity contribution is 6.03. The predicted molar refractivity (Wildman–Crippen MR) is 102 cm³/mol. The number of hydrogen-bond donors (Lipinski definition) is 0. The van der Waals surface area contributed by atoms with Crippen molar-refractivity contribution in [3.05, 3.63) is 59.2 Å². The van der Waals surface area contributed by atoms with E-state index >= 15 is 0 Å². The SMILES string of the molecule is COc1ccc(C(=O)N2CCN(c3cccc(C)c3C)C(=O)C2C)cc1. The van der Waals surface area contributed by atoms with Crippen molar-refractivity contribution in [2.24, 2.45) is 0 Å². The molecule has 1 aliphatic heterocycles. The van der Waals surface area contributed by atoms with Crippen molar-refractivity contribution >= 4 is 17.5 Å². The molecule has 2 aromatic carbocycles. The fourth-order valence-corrected chi connectivity index (χ4v) is 3.31. The Morgan fingerprint density at radius 3 is 2.42 bits per heavy atom. The van der Waals surface area contributed by atoms with Crippen molar-refractivity contribution in [2.45, 2.75) is 26.8 Å². The van der Waals surface area contributed by atoms with Crippen LogP contribution in [0.25, 0.3) is 0 Å². The van der Waals surface area contributed by atoms with E-state index in [9.17, 15) is 9.59 Å². The molecule has 1 unspecified atom stereocenters. The standard InChI is InChI=1S/C21H24N2O3/c1-14-6-5-7-19(15(14)2)23-13-12-22(16(3)20(23)24)21(25)17-8-10-18(26-4)11-9-17/h5-11,16H,12-13H2,1-4H3. The van der Waals surface area contributed by atoms with Crippen LogP contribution < -0.4 is 9.64 Å². The number of carbonyl (C=O) groups is 2. The van der Waals surface area contributed by atoms with Crippen molar-refractivity contribution < 1.29 is 14.3 Å². The summed E-state index contributed by atoms with van der Waals surface area (Å²) in [5.74, 6) is 0.520. The van der Waals surface area contributed by atoms with E-state index in [1.165, 1.54) is 0 Å². The van der Waals surface area contributed by atoms with Crippen LogP contribution in [0.1, 0.15) is 28.4 Å². The second-order valence-electron chi connectivity index (χ2n) is 6.61. The Morgan fingerprint density at radius 1 is 1.08 bits per heavy atom. The van der Waals surface area contributed by atoms with Crippen LogP contribution in [0.4, 0.5) is 5.69 Å². The maximum absolute atomic E-state index is 12.9. The highest BCUT2D eigenvalue weighted by Gasteiger charge is 2.35. The van der Waals surface area contributed by atoms with Crippen LogP contribution in [-0.4, -0.2) is 43.0 Å². The van der Waals surface area contributed by atoms with Crippen molar-refractivity contribution in [2.75, 3.05) is 25.1 Å². The van der Waals surface area contributed by atoms with Gasteiger partial charge in [-0.2, -0.15) is 0 Å². The summed E-state index contributed by atoms with van der Waals surface area (Å²) in [6.07, 6.45) is 0. The fraction of sp³-hybridized carbons (Fsp3) is 0.333. The van der Waals surface area contributed by atoms with Crippen LogP contribution >= 0.6 is 0 Å². The van der Waals surface area contributed by atoms with Crippen LogP contribution in [0.3, 0.4) is 0 Å². The molecule has 2 aromatic rings. The Labute approximate surface area is 154 Å². The summed E-state index contributed by atoms with van der Waals surface area (Å²) in [5, 5.41) is 0. The molecule has 26 heavy (non-hydrogen) atoms. The number of anilines is 1. The molecule has 0 radical (unpaired) electrons. The maximum atomic E-state index is 12.9. The predicted octanol–water partition coefficient (Wildman–Crippen LogP) is 3.19. The van der Waals surface area contributed by atoms with Gasteiger partial charge in [-0.3, -0.25) is 9.59 Å². The van der Waals surface area contributed by atoms with E-state index in [4.69, 9.17) is 4.74 Å². The number of methoxy groups -OCH3 is 1. The van der Waals surface area contributed by atoms with Crippen molar-refractivity contribution in [1.82, 2.24) is 4.90 Å². The van der Waals surface area contributed by atoms with Gasteiger partial charge in [0.25, 0.3) is 5.91 Å². The molecular weight excluding hydrogens is 328 g/mol. The van der Waals surface area contributed by atoms with E-state index in [1.807, 2.05) is 32.0 Å². The number of nitrogens with zero attached hydrogens (tertiary/aromatic N) is 2. The number of benzene rings is 2. The normalized spacial score (nSPS) is 17.4. The minimum absolute atomic E-state index is 0.0492. The summed E-state index contributed by atoms with van der Waals surface area (Å²) >= 11 is 0. The van der Waals surface area contributed by atoms with E-state index in [1.54, 1.807) is 48.1 Å². The van der Waals surface area contributed by atoms with E-state index in [0.717, 1.165) is 16.8 Å². The van der Waals surface area contributed by atoms with Crippen molar-refractivity contribution in [3.63, 3.8) is 0 Å². The number of amides is 2. The van der Waals surface area contributed by atoms with Gasteiger partial charge >= 0.3 is 0 Å². The molecule has 5 nitrogen and oxygen atoms in total. The Bertz CT molecular complexity index is 830. The van der Waals surface area contributed by atoms with Crippen molar-refractivity contribution in [1.29, 1.82) is 0 Å². The molecule has 0 saturated carbocycles. The molecule has 1 aliphatic rings. The van der Waals surface area contributed by atoms with E-state index in [-0.39, 0.29) is 11.8 Å². The van der Waals surface area contributed by atoms with Gasteiger partial charge in [0.1, 0.15) is 11.8 Å². The number of piperazine rings is 1. The first-order chi connectivity index (χ1) is 12.4. The molecule has 0 bridgehead atoms. The molecule has 1 heterocycles. The number of hydrogen-bond acceptors (Lipinski definition) is 3. The zero-order valence-corrected chi connectivity index (χ0v) is 15.7. The van der Waals surface area contributed by atoms with Gasteiger partial charge in [0.2, 0.25) is 5.91 Å². The number of ether oxygens (including phenoxy) is 1. The third kappa shape index (κ3) is 3.17. The second kappa shape index (κ2) is 7.20. The van der Waals surface area contributed by atoms with E-state index in [2.05, 4.69) is 0 Å². The number of carbonyl (C=O) groups excluding carboxylic acids is 2.